The molecule has 0 heterocycles. The van der Waals surface area contributed by atoms with Crippen molar-refractivity contribution in [3.8, 4) is 0 Å². The molecule has 0 fully saturated rings. The van der Waals surface area contributed by atoms with E-state index < -0.39 is 12.5 Å². The van der Waals surface area contributed by atoms with Crippen LogP contribution in [0.3, 0.4) is 0 Å². The van der Waals surface area contributed by atoms with E-state index in [0.29, 0.717) is 5.69 Å². The van der Waals surface area contributed by atoms with Crippen molar-refractivity contribution in [3.05, 3.63) is 59.7 Å². The maximum absolute atomic E-state index is 11.2. The van der Waals surface area contributed by atoms with E-state index in [1.165, 1.54) is 11.1 Å². The molecule has 0 aliphatic heterocycles. The molecule has 0 aliphatic carbocycles. The summed E-state index contributed by atoms with van der Waals surface area (Å²) < 4.78 is 0. The number of carbonyl (C=O) groups excluding carboxylic acids is 1. The summed E-state index contributed by atoms with van der Waals surface area (Å²) in [5, 5.41) is 14.8. The maximum atomic E-state index is 11.2. The van der Waals surface area contributed by atoms with Crippen molar-refractivity contribution in [1.82, 2.24) is 0 Å². The largest absolute Gasteiger partial charge is 0.387 e. The highest BCUT2D eigenvalue weighted by molar-refractivity contribution is 5.91. The van der Waals surface area contributed by atoms with Crippen LogP contribution in [0.25, 0.3) is 0 Å². The quantitative estimate of drug-likeness (QED) is 0.768. The first-order chi connectivity index (χ1) is 10.6. The molecule has 2 rings (SSSR count). The molecule has 116 valence electrons. The second-order valence-corrected chi connectivity index (χ2v) is 5.46. The molecule has 2 aromatic carbocycles. The van der Waals surface area contributed by atoms with Crippen LogP contribution in [0.1, 0.15) is 18.1 Å². The predicted octanol–water partition coefficient (Wildman–Crippen LogP) is 2.97. The van der Waals surface area contributed by atoms with Gasteiger partial charge in [0.2, 0.25) is 5.91 Å². The number of nitrogens with one attached hydrogen (secondary N) is 2. The van der Waals surface area contributed by atoms with Gasteiger partial charge in [-0.3, -0.25) is 4.79 Å². The minimum absolute atomic E-state index is 0.268. The van der Waals surface area contributed by atoms with Crippen molar-refractivity contribution in [2.24, 2.45) is 0 Å². The lowest BCUT2D eigenvalue weighted by Gasteiger charge is -2.17. The van der Waals surface area contributed by atoms with Crippen molar-refractivity contribution in [2.75, 3.05) is 17.2 Å². The average molecular weight is 298 g/mol. The van der Waals surface area contributed by atoms with E-state index in [4.69, 9.17) is 5.11 Å². The van der Waals surface area contributed by atoms with Gasteiger partial charge in [-0.15, -0.1) is 0 Å². The fraction of sp³-hybridized carbons (Fsp3) is 0.278. The third-order valence-electron chi connectivity index (χ3n) is 3.49. The van der Waals surface area contributed by atoms with Gasteiger partial charge in [0, 0.05) is 17.4 Å². The number of hydrogen-bond acceptors (Lipinski definition) is 3. The summed E-state index contributed by atoms with van der Waals surface area (Å²) in [5.74, 6) is -0.412. The van der Waals surface area contributed by atoms with Crippen LogP contribution in [-0.2, 0) is 11.2 Å². The first-order valence-corrected chi connectivity index (χ1v) is 7.40. The van der Waals surface area contributed by atoms with Crippen molar-refractivity contribution in [3.63, 3.8) is 0 Å². The number of benzene rings is 2. The molecule has 0 radical (unpaired) electrons. The molecule has 0 aromatic heterocycles. The molecule has 1 atom stereocenters. The van der Waals surface area contributed by atoms with Gasteiger partial charge < -0.3 is 15.7 Å². The zero-order valence-electron chi connectivity index (χ0n) is 13.0. The van der Waals surface area contributed by atoms with E-state index >= 15 is 0 Å². The first kappa shape index (κ1) is 16.0. The highest BCUT2D eigenvalue weighted by Crippen LogP contribution is 2.18. The van der Waals surface area contributed by atoms with Gasteiger partial charge in [0.15, 0.2) is 0 Å². The van der Waals surface area contributed by atoms with Gasteiger partial charge in [-0.05, 0) is 49.6 Å². The van der Waals surface area contributed by atoms with E-state index in [0.717, 1.165) is 12.1 Å². The Labute approximate surface area is 131 Å². The third kappa shape index (κ3) is 4.60. The van der Waals surface area contributed by atoms with Crippen LogP contribution < -0.4 is 10.6 Å². The van der Waals surface area contributed by atoms with E-state index in [1.54, 1.807) is 6.07 Å². The normalized spacial score (nSPS) is 11.8. The number of amides is 1. The average Bonchev–Trinajstić information content (AvgIpc) is 2.50. The van der Waals surface area contributed by atoms with Crippen LogP contribution in [-0.4, -0.2) is 23.7 Å². The molecule has 0 spiro atoms. The van der Waals surface area contributed by atoms with Gasteiger partial charge in [0.05, 0.1) is 0 Å². The van der Waals surface area contributed by atoms with Crippen LogP contribution in [0.5, 0.6) is 0 Å². The smallest absolute Gasteiger partial charge is 0.250 e. The Morgan fingerprint density at radius 1 is 1.14 bits per heavy atom. The number of aliphatic hydroxyl groups excluding tert-OH is 1. The van der Waals surface area contributed by atoms with Gasteiger partial charge in [-0.2, -0.15) is 0 Å². The van der Waals surface area contributed by atoms with Gasteiger partial charge in [0.25, 0.3) is 0 Å². The summed E-state index contributed by atoms with van der Waals surface area (Å²) in [6, 6.07) is 16.1. The summed E-state index contributed by atoms with van der Waals surface area (Å²) in [6.07, 6.45) is 0.930. The zero-order valence-corrected chi connectivity index (χ0v) is 13.0. The Kier molecular flexibility index (Phi) is 5.55. The second-order valence-electron chi connectivity index (χ2n) is 5.46. The summed E-state index contributed by atoms with van der Waals surface area (Å²) in [5.41, 5.74) is 4.23. The standard InChI is InChI=1S/C18H22N2O2/c1-13-6-3-4-7-15(13)10-14(2)19-16-8-5-9-17(11-16)20-18(22)12-21/h3-9,11,14,19,21H,10,12H2,1-2H3,(H,20,22). The monoisotopic (exact) mass is 298 g/mol. The number of anilines is 2. The Hall–Kier alpha value is -2.33. The van der Waals surface area contributed by atoms with Gasteiger partial charge in [-0.1, -0.05) is 30.3 Å². The summed E-state index contributed by atoms with van der Waals surface area (Å²) in [6.45, 7) is 3.74. The van der Waals surface area contributed by atoms with E-state index in [9.17, 15) is 4.79 Å². The fourth-order valence-electron chi connectivity index (χ4n) is 2.39. The molecule has 0 bridgehead atoms. The molecule has 0 saturated heterocycles. The topological polar surface area (TPSA) is 61.4 Å². The number of hydrogen-bond donors (Lipinski definition) is 3. The Morgan fingerprint density at radius 2 is 1.86 bits per heavy atom. The second kappa shape index (κ2) is 7.61. The van der Waals surface area contributed by atoms with Gasteiger partial charge in [-0.25, -0.2) is 0 Å². The van der Waals surface area contributed by atoms with E-state index in [2.05, 4.69) is 42.7 Å². The third-order valence-corrected chi connectivity index (χ3v) is 3.49. The lowest BCUT2D eigenvalue weighted by molar-refractivity contribution is -0.118. The number of rotatable bonds is 6. The predicted molar refractivity (Wildman–Crippen MR) is 90.1 cm³/mol. The van der Waals surface area contributed by atoms with Crippen LogP contribution in [0, 0.1) is 6.92 Å². The van der Waals surface area contributed by atoms with Gasteiger partial charge >= 0.3 is 0 Å². The molecule has 2 aromatic rings. The number of aryl methyl sites for hydroxylation is 1. The number of aliphatic hydroxyl groups is 1. The lowest BCUT2D eigenvalue weighted by Crippen LogP contribution is -2.19. The maximum Gasteiger partial charge on any atom is 0.250 e. The van der Waals surface area contributed by atoms with E-state index in [1.807, 2.05) is 24.3 Å². The van der Waals surface area contributed by atoms with Crippen molar-refractivity contribution < 1.29 is 9.90 Å². The molecule has 0 saturated carbocycles. The molecule has 0 aliphatic rings. The van der Waals surface area contributed by atoms with Crippen LogP contribution >= 0.6 is 0 Å². The summed E-state index contributed by atoms with van der Waals surface area (Å²) >= 11 is 0. The van der Waals surface area contributed by atoms with E-state index in [-0.39, 0.29) is 6.04 Å². The summed E-state index contributed by atoms with van der Waals surface area (Å²) in [7, 11) is 0. The van der Waals surface area contributed by atoms with Crippen LogP contribution in [0.4, 0.5) is 11.4 Å². The Morgan fingerprint density at radius 3 is 2.59 bits per heavy atom. The molecular weight excluding hydrogens is 276 g/mol. The fourth-order valence-corrected chi connectivity index (χ4v) is 2.39. The minimum Gasteiger partial charge on any atom is -0.387 e. The Bertz CT molecular complexity index is 640. The van der Waals surface area contributed by atoms with Crippen molar-refractivity contribution in [1.29, 1.82) is 0 Å². The minimum atomic E-state index is -0.513. The molecule has 1 amide bonds. The molecule has 4 heteroatoms. The molecular formula is C18H22N2O2. The molecule has 3 N–H and O–H groups in total. The highest BCUT2D eigenvalue weighted by Gasteiger charge is 2.07. The van der Waals surface area contributed by atoms with Gasteiger partial charge in [0.1, 0.15) is 6.61 Å². The van der Waals surface area contributed by atoms with Crippen LogP contribution in [0.2, 0.25) is 0 Å². The molecule has 22 heavy (non-hydrogen) atoms. The Balaban J connectivity index is 1.99. The van der Waals surface area contributed by atoms with Crippen LogP contribution in [0.15, 0.2) is 48.5 Å². The number of carbonyl (C=O) groups is 1. The van der Waals surface area contributed by atoms with Crippen molar-refractivity contribution in [2.45, 2.75) is 26.3 Å². The zero-order chi connectivity index (χ0) is 15.9. The molecule has 1 unspecified atom stereocenters. The highest BCUT2D eigenvalue weighted by atomic mass is 16.3. The first-order valence-electron chi connectivity index (χ1n) is 7.40. The van der Waals surface area contributed by atoms with Crippen molar-refractivity contribution >= 4 is 17.3 Å². The summed E-state index contributed by atoms with van der Waals surface area (Å²) in [4.78, 5) is 11.2. The molecule has 4 nitrogen and oxygen atoms in total. The SMILES string of the molecule is Cc1ccccc1CC(C)Nc1cccc(NC(=O)CO)c1. The lowest BCUT2D eigenvalue weighted by atomic mass is 10.0.